The van der Waals surface area contributed by atoms with Crippen molar-refractivity contribution in [3.8, 4) is 0 Å². The molecule has 168 valence electrons. The molecule has 1 aliphatic heterocycles. The molecule has 2 aromatic rings. The van der Waals surface area contributed by atoms with Crippen LogP contribution in [0.3, 0.4) is 0 Å². The number of hydrogen-bond donors (Lipinski definition) is 5. The van der Waals surface area contributed by atoms with Crippen molar-refractivity contribution in [1.82, 2.24) is 35.1 Å². The number of anilines is 1. The molecule has 4 atom stereocenters. The van der Waals surface area contributed by atoms with Crippen LogP contribution in [-0.2, 0) is 16.1 Å². The lowest BCUT2D eigenvalue weighted by Gasteiger charge is -2.20. The van der Waals surface area contributed by atoms with Crippen LogP contribution < -0.4 is 16.4 Å². The van der Waals surface area contributed by atoms with E-state index in [4.69, 9.17) is 10.5 Å². The summed E-state index contributed by atoms with van der Waals surface area (Å²) in [7, 11) is 1.53. The van der Waals surface area contributed by atoms with Gasteiger partial charge in [-0.3, -0.25) is 9.36 Å². The Kier molecular flexibility index (Phi) is 5.64. The van der Waals surface area contributed by atoms with Crippen LogP contribution in [0.25, 0.3) is 11.2 Å². The van der Waals surface area contributed by atoms with Crippen molar-refractivity contribution < 1.29 is 24.5 Å². The molecular weight excluding hydrogens is 408 g/mol. The number of imidazole rings is 1. The van der Waals surface area contributed by atoms with Gasteiger partial charge in [-0.25, -0.2) is 19.7 Å². The Bertz CT molecular complexity index is 993. The van der Waals surface area contributed by atoms with E-state index in [-0.39, 0.29) is 41.4 Å². The van der Waals surface area contributed by atoms with E-state index in [1.54, 1.807) is 0 Å². The Morgan fingerprint density at radius 1 is 1.32 bits per heavy atom. The van der Waals surface area contributed by atoms with Gasteiger partial charge in [0, 0.05) is 19.6 Å². The Labute approximate surface area is 177 Å². The second-order valence-electron chi connectivity index (χ2n) is 7.63. The molecule has 1 aliphatic carbocycles. The lowest BCUT2D eigenvalue weighted by Crippen LogP contribution is -2.43. The van der Waals surface area contributed by atoms with Crippen LogP contribution in [0.1, 0.15) is 31.8 Å². The summed E-state index contributed by atoms with van der Waals surface area (Å²) in [6, 6.07) is -0.203. The maximum atomic E-state index is 12.4. The minimum absolute atomic E-state index is 0.0884. The normalized spacial score (nSPS) is 25.5. The van der Waals surface area contributed by atoms with Gasteiger partial charge in [0.15, 0.2) is 29.6 Å². The molecule has 13 nitrogen and oxygen atoms in total. The summed E-state index contributed by atoms with van der Waals surface area (Å²) in [5.41, 5.74) is 6.57. The van der Waals surface area contributed by atoms with Gasteiger partial charge >= 0.3 is 6.03 Å². The highest BCUT2D eigenvalue weighted by molar-refractivity contribution is 5.83. The molecule has 4 rings (SSSR count). The molecule has 13 heteroatoms. The Balaban J connectivity index is 1.62. The molecule has 6 N–H and O–H groups in total. The molecule has 31 heavy (non-hydrogen) atoms. The summed E-state index contributed by atoms with van der Waals surface area (Å²) < 4.78 is 7.11. The van der Waals surface area contributed by atoms with Gasteiger partial charge in [0.25, 0.3) is 5.91 Å². The third kappa shape index (κ3) is 3.98. The number of aliphatic hydroxyl groups is 2. The van der Waals surface area contributed by atoms with E-state index >= 15 is 0 Å². The summed E-state index contributed by atoms with van der Waals surface area (Å²) in [5, 5.41) is 26.2. The van der Waals surface area contributed by atoms with Crippen molar-refractivity contribution >= 4 is 28.9 Å². The number of fused-ring (bicyclic) bond motifs is 1. The van der Waals surface area contributed by atoms with Gasteiger partial charge in [-0.2, -0.15) is 0 Å². The average Bonchev–Trinajstić information content (AvgIpc) is 3.39. The molecule has 0 aromatic carbocycles. The van der Waals surface area contributed by atoms with Crippen molar-refractivity contribution in [3.63, 3.8) is 0 Å². The monoisotopic (exact) mass is 434 g/mol. The zero-order chi connectivity index (χ0) is 22.3. The molecule has 0 spiro atoms. The van der Waals surface area contributed by atoms with Crippen LogP contribution in [0, 0.1) is 0 Å². The quantitative estimate of drug-likeness (QED) is 0.360. The number of ether oxygens (including phenoxy) is 1. The topological polar surface area (TPSA) is 181 Å². The molecule has 3 heterocycles. The van der Waals surface area contributed by atoms with E-state index in [0.717, 1.165) is 12.8 Å². The number of carbonyl (C=O) groups excluding carboxylic acids is 2. The minimum atomic E-state index is -1.41. The number of nitrogens with zero attached hydrogens (tertiary/aromatic N) is 5. The predicted octanol–water partition coefficient (Wildman–Crippen LogP) is -1.53. The highest BCUT2D eigenvalue weighted by Crippen LogP contribution is 2.33. The van der Waals surface area contributed by atoms with Crippen molar-refractivity contribution in [2.24, 2.45) is 0 Å². The smallest absolute Gasteiger partial charge is 0.317 e. The Morgan fingerprint density at radius 2 is 2.06 bits per heavy atom. The predicted molar refractivity (Wildman–Crippen MR) is 107 cm³/mol. The summed E-state index contributed by atoms with van der Waals surface area (Å²) in [5.74, 6) is -0.101. The maximum absolute atomic E-state index is 12.4. The molecule has 3 amide bonds. The molecule has 2 aliphatic rings. The van der Waals surface area contributed by atoms with Crippen molar-refractivity contribution in [1.29, 1.82) is 0 Å². The second-order valence-corrected chi connectivity index (χ2v) is 7.63. The van der Waals surface area contributed by atoms with Gasteiger partial charge in [0.05, 0.1) is 12.9 Å². The molecule has 1 saturated heterocycles. The van der Waals surface area contributed by atoms with Gasteiger partial charge in [-0.05, 0) is 19.8 Å². The van der Waals surface area contributed by atoms with Gasteiger partial charge in [0.1, 0.15) is 17.7 Å². The fourth-order valence-electron chi connectivity index (χ4n) is 3.52. The van der Waals surface area contributed by atoms with Crippen molar-refractivity contribution in [2.45, 2.75) is 56.9 Å². The fraction of sp³-hybridized carbons (Fsp3) is 0.611. The van der Waals surface area contributed by atoms with Crippen LogP contribution in [0.4, 0.5) is 10.6 Å². The fourth-order valence-corrected chi connectivity index (χ4v) is 3.52. The number of aromatic nitrogens is 4. The number of aliphatic hydroxyl groups excluding tert-OH is 2. The number of hydrogen-bond acceptors (Lipinski definition) is 9. The highest BCUT2D eigenvalue weighted by atomic mass is 16.6. The number of rotatable bonds is 6. The van der Waals surface area contributed by atoms with Gasteiger partial charge < -0.3 is 36.2 Å². The van der Waals surface area contributed by atoms with Crippen LogP contribution in [0.2, 0.25) is 0 Å². The number of nitrogen functional groups attached to an aromatic ring is 1. The third-order valence-corrected chi connectivity index (χ3v) is 5.40. The second kappa shape index (κ2) is 8.24. The maximum Gasteiger partial charge on any atom is 0.317 e. The zero-order valence-electron chi connectivity index (χ0n) is 17.2. The van der Waals surface area contributed by atoms with E-state index in [0.29, 0.717) is 6.54 Å². The van der Waals surface area contributed by atoms with Crippen molar-refractivity contribution in [3.05, 3.63) is 12.2 Å². The van der Waals surface area contributed by atoms with Crippen molar-refractivity contribution in [2.75, 3.05) is 19.3 Å². The van der Waals surface area contributed by atoms with Gasteiger partial charge in [-0.1, -0.05) is 0 Å². The molecular formula is C18H26N8O5. The first kappa shape index (κ1) is 21.2. The molecule has 2 fully saturated rings. The molecule has 0 bridgehead atoms. The molecule has 1 saturated carbocycles. The first-order chi connectivity index (χ1) is 14.8. The Morgan fingerprint density at radius 3 is 2.71 bits per heavy atom. The third-order valence-electron chi connectivity index (χ3n) is 5.40. The number of carbonyl (C=O) groups is 2. The van der Waals surface area contributed by atoms with Gasteiger partial charge in [0.2, 0.25) is 0 Å². The lowest BCUT2D eigenvalue weighted by molar-refractivity contribution is -0.137. The number of amides is 3. The first-order valence-corrected chi connectivity index (χ1v) is 10.1. The summed E-state index contributed by atoms with van der Waals surface area (Å²) >= 11 is 0. The molecule has 2 aromatic heterocycles. The number of urea groups is 1. The van der Waals surface area contributed by atoms with Gasteiger partial charge in [-0.15, -0.1) is 0 Å². The first-order valence-electron chi connectivity index (χ1n) is 10.1. The average molecular weight is 434 g/mol. The lowest BCUT2D eigenvalue weighted by atomic mass is 10.1. The van der Waals surface area contributed by atoms with E-state index in [2.05, 4.69) is 25.6 Å². The van der Waals surface area contributed by atoms with E-state index < -0.39 is 30.4 Å². The SMILES string of the molecule is CCN(Cc1nc(N)c2ncn([C@@H]3O[C@H](C(=O)NC4CC4)C(O)C3O)c2n1)C(=O)NC. The molecule has 0 radical (unpaired) electrons. The van der Waals surface area contributed by atoms with Crippen LogP contribution in [0.5, 0.6) is 0 Å². The number of nitrogens with two attached hydrogens (primary N) is 1. The minimum Gasteiger partial charge on any atom is -0.387 e. The largest absolute Gasteiger partial charge is 0.387 e. The van der Waals surface area contributed by atoms with E-state index in [9.17, 15) is 19.8 Å². The molecule has 2 unspecified atom stereocenters. The van der Waals surface area contributed by atoms with Crippen LogP contribution >= 0.6 is 0 Å². The van der Waals surface area contributed by atoms with Crippen LogP contribution in [-0.4, -0.2) is 84.5 Å². The zero-order valence-corrected chi connectivity index (χ0v) is 17.2. The Hall–Kier alpha value is -3.03. The standard InChI is InChI=1S/C18H26N8O5/c1-3-25(18(30)20-2)6-9-23-14(19)10-15(24-9)26(7-21-10)17-12(28)11(27)13(31-17)16(29)22-8-4-5-8/h7-8,11-13,17,27-28H,3-6H2,1-2H3,(H,20,30)(H,22,29)(H2,19,23,24)/t11?,12?,13-,17+/m0/s1. The van der Waals surface area contributed by atoms with E-state index in [1.165, 1.54) is 22.8 Å². The highest BCUT2D eigenvalue weighted by Gasteiger charge is 2.48. The number of nitrogens with one attached hydrogen (secondary N) is 2. The summed E-state index contributed by atoms with van der Waals surface area (Å²) in [6.07, 6.45) is -1.99. The van der Waals surface area contributed by atoms with E-state index in [1.807, 2.05) is 6.92 Å². The summed E-state index contributed by atoms with van der Waals surface area (Å²) in [6.45, 7) is 2.34. The van der Waals surface area contributed by atoms with Crippen LogP contribution in [0.15, 0.2) is 6.33 Å². The summed E-state index contributed by atoms with van der Waals surface area (Å²) in [4.78, 5) is 38.7.